The molecule has 146 valence electrons. The van der Waals surface area contributed by atoms with Crippen LogP contribution >= 0.6 is 0 Å². The molecule has 0 fully saturated rings. The Hall–Kier alpha value is -1.96. The molecule has 0 aliphatic heterocycles. The minimum atomic E-state index is -0.374. The molecule has 26 heavy (non-hydrogen) atoms. The van der Waals surface area contributed by atoms with Crippen LogP contribution in [-0.4, -0.2) is 57.9 Å². The summed E-state index contributed by atoms with van der Waals surface area (Å²) >= 11 is 0. The summed E-state index contributed by atoms with van der Waals surface area (Å²) in [4.78, 5) is 23.3. The van der Waals surface area contributed by atoms with Crippen molar-refractivity contribution in [1.29, 1.82) is 0 Å². The molecule has 1 unspecified atom stereocenters. The molecule has 4 N–H and O–H groups in total. The monoisotopic (exact) mass is 365 g/mol. The van der Waals surface area contributed by atoms with Gasteiger partial charge < -0.3 is 25.8 Å². The van der Waals surface area contributed by atoms with E-state index in [1.54, 1.807) is 7.11 Å². The van der Waals surface area contributed by atoms with Crippen LogP contribution in [0.3, 0.4) is 0 Å². The van der Waals surface area contributed by atoms with E-state index in [1.165, 1.54) is 0 Å². The van der Waals surface area contributed by atoms with Crippen molar-refractivity contribution < 1.29 is 19.1 Å². The lowest BCUT2D eigenvalue weighted by molar-refractivity contribution is -0.121. The molecule has 0 aliphatic carbocycles. The van der Waals surface area contributed by atoms with E-state index in [0.29, 0.717) is 45.8 Å². The van der Waals surface area contributed by atoms with Crippen LogP contribution in [0.15, 0.2) is 30.3 Å². The summed E-state index contributed by atoms with van der Waals surface area (Å²) in [6.45, 7) is 2.74. The fourth-order valence-electron chi connectivity index (χ4n) is 2.44. The number of ether oxygens (including phenoxy) is 2. The minimum absolute atomic E-state index is 0.00832. The summed E-state index contributed by atoms with van der Waals surface area (Å²) < 4.78 is 10.2. The summed E-state index contributed by atoms with van der Waals surface area (Å²) in [6.07, 6.45) is 2.63. The van der Waals surface area contributed by atoms with Gasteiger partial charge in [-0.2, -0.15) is 0 Å². The summed E-state index contributed by atoms with van der Waals surface area (Å²) in [5.41, 5.74) is 6.41. The van der Waals surface area contributed by atoms with Crippen LogP contribution in [0.4, 0.5) is 0 Å². The van der Waals surface area contributed by atoms with Gasteiger partial charge in [0.25, 0.3) is 0 Å². The fourth-order valence-corrected chi connectivity index (χ4v) is 2.44. The van der Waals surface area contributed by atoms with Crippen molar-refractivity contribution >= 4 is 11.8 Å². The van der Waals surface area contributed by atoms with Gasteiger partial charge in [0.1, 0.15) is 0 Å². The van der Waals surface area contributed by atoms with Crippen LogP contribution in [0.1, 0.15) is 24.8 Å². The standard InChI is InChI=1S/C19H31N3O4/c1-25-13-14-26-12-11-21-17(19(20)24)9-5-6-10-22-18(23)15-16-7-3-2-4-8-16/h2-4,7-8,17,21H,5-6,9-15H2,1H3,(H2,20,24)(H,22,23). The molecular formula is C19H31N3O4. The molecule has 0 heterocycles. The topological polar surface area (TPSA) is 103 Å². The molecule has 0 radical (unpaired) electrons. The van der Waals surface area contributed by atoms with E-state index in [0.717, 1.165) is 18.4 Å². The SMILES string of the molecule is COCCOCCNC(CCCCNC(=O)Cc1ccccc1)C(N)=O. The number of carbonyl (C=O) groups excluding carboxylic acids is 2. The van der Waals surface area contributed by atoms with Gasteiger partial charge in [-0.05, 0) is 24.8 Å². The van der Waals surface area contributed by atoms with E-state index in [2.05, 4.69) is 10.6 Å². The van der Waals surface area contributed by atoms with Gasteiger partial charge in [0.05, 0.1) is 32.3 Å². The van der Waals surface area contributed by atoms with Gasteiger partial charge >= 0.3 is 0 Å². The number of benzene rings is 1. The lowest BCUT2D eigenvalue weighted by Gasteiger charge is -2.15. The van der Waals surface area contributed by atoms with Crippen molar-refractivity contribution in [3.8, 4) is 0 Å². The van der Waals surface area contributed by atoms with Gasteiger partial charge in [0.2, 0.25) is 11.8 Å². The molecule has 1 atom stereocenters. The lowest BCUT2D eigenvalue weighted by atomic mass is 10.1. The highest BCUT2D eigenvalue weighted by Gasteiger charge is 2.13. The first-order valence-electron chi connectivity index (χ1n) is 9.03. The Labute approximate surface area is 155 Å². The van der Waals surface area contributed by atoms with E-state index in [1.807, 2.05) is 30.3 Å². The predicted octanol–water partition coefficient (Wildman–Crippen LogP) is 0.622. The number of primary amides is 1. The second-order valence-corrected chi connectivity index (χ2v) is 6.02. The fraction of sp³-hybridized carbons (Fsp3) is 0.579. The van der Waals surface area contributed by atoms with Gasteiger partial charge in [0, 0.05) is 20.2 Å². The molecule has 1 aromatic carbocycles. The summed E-state index contributed by atoms with van der Waals surface area (Å²) in [5.74, 6) is -0.357. The molecular weight excluding hydrogens is 334 g/mol. The van der Waals surface area contributed by atoms with Crippen LogP contribution in [0.5, 0.6) is 0 Å². The van der Waals surface area contributed by atoms with Crippen molar-refractivity contribution in [2.75, 3.05) is 40.0 Å². The molecule has 2 amide bonds. The van der Waals surface area contributed by atoms with E-state index in [9.17, 15) is 9.59 Å². The largest absolute Gasteiger partial charge is 0.382 e. The summed E-state index contributed by atoms with van der Waals surface area (Å²) in [5, 5.41) is 6.00. The van der Waals surface area contributed by atoms with Crippen molar-refractivity contribution in [2.24, 2.45) is 5.73 Å². The van der Waals surface area contributed by atoms with Gasteiger partial charge in [-0.15, -0.1) is 0 Å². The maximum absolute atomic E-state index is 11.8. The zero-order valence-corrected chi connectivity index (χ0v) is 15.5. The Morgan fingerprint density at radius 1 is 1.08 bits per heavy atom. The quantitative estimate of drug-likeness (QED) is 0.396. The van der Waals surface area contributed by atoms with E-state index in [4.69, 9.17) is 15.2 Å². The van der Waals surface area contributed by atoms with E-state index < -0.39 is 0 Å². The average molecular weight is 365 g/mol. The van der Waals surface area contributed by atoms with Gasteiger partial charge in [-0.1, -0.05) is 30.3 Å². The molecule has 0 aliphatic rings. The molecule has 1 aromatic rings. The van der Waals surface area contributed by atoms with Crippen LogP contribution in [0.2, 0.25) is 0 Å². The average Bonchev–Trinajstić information content (AvgIpc) is 2.63. The van der Waals surface area contributed by atoms with Gasteiger partial charge in [-0.3, -0.25) is 9.59 Å². The van der Waals surface area contributed by atoms with Crippen molar-refractivity contribution in [1.82, 2.24) is 10.6 Å². The van der Waals surface area contributed by atoms with Gasteiger partial charge in [0.15, 0.2) is 0 Å². The number of hydrogen-bond donors (Lipinski definition) is 3. The normalized spacial score (nSPS) is 11.9. The Morgan fingerprint density at radius 3 is 2.54 bits per heavy atom. The maximum atomic E-state index is 11.8. The smallest absolute Gasteiger partial charge is 0.234 e. The summed E-state index contributed by atoms with van der Waals surface area (Å²) in [6, 6.07) is 9.26. The Bertz CT molecular complexity index is 511. The highest BCUT2D eigenvalue weighted by molar-refractivity contribution is 5.79. The van der Waals surface area contributed by atoms with Crippen LogP contribution in [0.25, 0.3) is 0 Å². The number of nitrogens with two attached hydrogens (primary N) is 1. The first-order chi connectivity index (χ1) is 12.6. The first-order valence-corrected chi connectivity index (χ1v) is 9.03. The molecule has 7 nitrogen and oxygen atoms in total. The molecule has 0 saturated carbocycles. The predicted molar refractivity (Wildman–Crippen MR) is 101 cm³/mol. The lowest BCUT2D eigenvalue weighted by Crippen LogP contribution is -2.42. The number of hydrogen-bond acceptors (Lipinski definition) is 5. The molecule has 0 bridgehead atoms. The number of carbonyl (C=O) groups is 2. The third-order valence-electron chi connectivity index (χ3n) is 3.86. The zero-order chi connectivity index (χ0) is 19.0. The Morgan fingerprint density at radius 2 is 1.85 bits per heavy atom. The number of amides is 2. The number of nitrogens with one attached hydrogen (secondary N) is 2. The maximum Gasteiger partial charge on any atom is 0.234 e. The summed E-state index contributed by atoms with van der Waals surface area (Å²) in [7, 11) is 1.62. The zero-order valence-electron chi connectivity index (χ0n) is 15.5. The first kappa shape index (κ1) is 22.1. The molecule has 0 spiro atoms. The highest BCUT2D eigenvalue weighted by Crippen LogP contribution is 2.02. The number of unbranched alkanes of at least 4 members (excludes halogenated alkanes) is 1. The second-order valence-electron chi connectivity index (χ2n) is 6.02. The molecule has 0 saturated heterocycles. The van der Waals surface area contributed by atoms with Crippen LogP contribution in [0, 0.1) is 0 Å². The minimum Gasteiger partial charge on any atom is -0.382 e. The van der Waals surface area contributed by atoms with Crippen molar-refractivity contribution in [3.63, 3.8) is 0 Å². The van der Waals surface area contributed by atoms with Crippen LogP contribution < -0.4 is 16.4 Å². The van der Waals surface area contributed by atoms with Crippen LogP contribution in [-0.2, 0) is 25.5 Å². The molecule has 1 rings (SSSR count). The Kier molecular flexibility index (Phi) is 12.1. The third kappa shape index (κ3) is 10.8. The molecule has 7 heteroatoms. The van der Waals surface area contributed by atoms with E-state index >= 15 is 0 Å². The van der Waals surface area contributed by atoms with E-state index in [-0.39, 0.29) is 17.9 Å². The second kappa shape index (κ2) is 14.2. The number of methoxy groups -OCH3 is 1. The van der Waals surface area contributed by atoms with Crippen molar-refractivity contribution in [2.45, 2.75) is 31.7 Å². The van der Waals surface area contributed by atoms with Crippen molar-refractivity contribution in [3.05, 3.63) is 35.9 Å². The molecule has 0 aromatic heterocycles. The Balaban J connectivity index is 2.09. The number of rotatable bonds is 15. The van der Waals surface area contributed by atoms with Gasteiger partial charge in [-0.25, -0.2) is 0 Å². The highest BCUT2D eigenvalue weighted by atomic mass is 16.5. The third-order valence-corrected chi connectivity index (χ3v) is 3.86.